The van der Waals surface area contributed by atoms with Gasteiger partial charge in [0.1, 0.15) is 0 Å². The summed E-state index contributed by atoms with van der Waals surface area (Å²) < 4.78 is 5.51. The summed E-state index contributed by atoms with van der Waals surface area (Å²) in [7, 11) is 0. The van der Waals surface area contributed by atoms with E-state index in [4.69, 9.17) is 3.63 Å². The number of hydrogen-bond acceptors (Lipinski definition) is 7. The van der Waals surface area contributed by atoms with Gasteiger partial charge in [0.05, 0.1) is 13.1 Å². The van der Waals surface area contributed by atoms with Crippen LogP contribution >= 0.6 is 24.1 Å². The third kappa shape index (κ3) is 6.24. The Balaban J connectivity index is 1.80. The first-order valence-corrected chi connectivity index (χ1v) is 8.06. The highest BCUT2D eigenvalue weighted by Crippen LogP contribution is 2.30. The first-order chi connectivity index (χ1) is 11.3. The SMILES string of the molecule is O=C=NCc1ccc(SOSc2ccc(CN=C=O)cc2)cc1. The van der Waals surface area contributed by atoms with Crippen LogP contribution in [0, 0.1) is 0 Å². The van der Waals surface area contributed by atoms with Gasteiger partial charge in [0.2, 0.25) is 12.2 Å². The van der Waals surface area contributed by atoms with E-state index in [2.05, 4.69) is 9.98 Å². The van der Waals surface area contributed by atoms with Gasteiger partial charge >= 0.3 is 0 Å². The quantitative estimate of drug-likeness (QED) is 0.410. The van der Waals surface area contributed by atoms with E-state index in [1.54, 1.807) is 0 Å². The molecule has 0 N–H and O–H groups in total. The van der Waals surface area contributed by atoms with Crippen molar-refractivity contribution in [3.05, 3.63) is 59.7 Å². The third-order valence-electron chi connectivity index (χ3n) is 2.76. The lowest BCUT2D eigenvalue weighted by atomic mass is 10.2. The highest BCUT2D eigenvalue weighted by Gasteiger charge is 2.00. The van der Waals surface area contributed by atoms with Crippen molar-refractivity contribution in [1.29, 1.82) is 0 Å². The van der Waals surface area contributed by atoms with Crippen molar-refractivity contribution in [2.24, 2.45) is 9.98 Å². The highest BCUT2D eigenvalue weighted by atomic mass is 32.2. The Labute approximate surface area is 142 Å². The fourth-order valence-corrected chi connectivity index (χ4v) is 2.90. The van der Waals surface area contributed by atoms with Crippen molar-refractivity contribution in [3.63, 3.8) is 0 Å². The van der Waals surface area contributed by atoms with Gasteiger partial charge in [-0.25, -0.2) is 23.2 Å². The van der Waals surface area contributed by atoms with Crippen LogP contribution in [0.15, 0.2) is 68.3 Å². The van der Waals surface area contributed by atoms with Crippen LogP contribution in [0.1, 0.15) is 11.1 Å². The van der Waals surface area contributed by atoms with Crippen LogP contribution in [-0.2, 0) is 26.3 Å². The zero-order valence-corrected chi connectivity index (χ0v) is 13.6. The second kappa shape index (κ2) is 9.79. The molecule has 7 heteroatoms. The molecule has 0 fully saturated rings. The Hall–Kier alpha value is -2.14. The van der Waals surface area contributed by atoms with Crippen LogP contribution in [0.5, 0.6) is 0 Å². The molecular weight excluding hydrogens is 332 g/mol. The van der Waals surface area contributed by atoms with Gasteiger partial charge in [0.15, 0.2) is 0 Å². The topological polar surface area (TPSA) is 68.1 Å². The van der Waals surface area contributed by atoms with Crippen molar-refractivity contribution < 1.29 is 13.2 Å². The summed E-state index contributed by atoms with van der Waals surface area (Å²) in [6, 6.07) is 15.2. The average Bonchev–Trinajstić information content (AvgIpc) is 2.60. The minimum absolute atomic E-state index is 0.338. The van der Waals surface area contributed by atoms with E-state index >= 15 is 0 Å². The summed E-state index contributed by atoms with van der Waals surface area (Å²) in [5, 5.41) is 0. The molecule has 0 amide bonds. The summed E-state index contributed by atoms with van der Waals surface area (Å²) in [4.78, 5) is 29.1. The monoisotopic (exact) mass is 344 g/mol. The van der Waals surface area contributed by atoms with Gasteiger partial charge < -0.3 is 0 Å². The molecule has 0 radical (unpaired) electrons. The molecule has 0 aromatic heterocycles. The second-order valence-electron chi connectivity index (χ2n) is 4.34. The molecule has 0 unspecified atom stereocenters. The van der Waals surface area contributed by atoms with E-state index in [9.17, 15) is 9.59 Å². The maximum absolute atomic E-state index is 10.1. The Morgan fingerprint density at radius 2 is 1.13 bits per heavy atom. The average molecular weight is 344 g/mol. The predicted octanol–water partition coefficient (Wildman–Crippen LogP) is 4.09. The number of aliphatic imine (C=N–C) groups is 2. The van der Waals surface area contributed by atoms with E-state index in [1.165, 1.54) is 36.2 Å². The molecule has 0 aliphatic heterocycles. The fraction of sp³-hybridized carbons (Fsp3) is 0.125. The molecule has 0 saturated heterocycles. The molecule has 116 valence electrons. The first-order valence-electron chi connectivity index (χ1n) is 6.58. The number of hydrogen-bond donors (Lipinski definition) is 0. The van der Waals surface area contributed by atoms with Gasteiger partial charge in [-0.3, -0.25) is 0 Å². The molecular formula is C16H12N2O3S2. The molecule has 0 saturated carbocycles. The molecule has 23 heavy (non-hydrogen) atoms. The van der Waals surface area contributed by atoms with E-state index < -0.39 is 0 Å². The molecule has 0 bridgehead atoms. The lowest BCUT2D eigenvalue weighted by molar-refractivity contribution is 0.562. The van der Waals surface area contributed by atoms with Crippen LogP contribution in [-0.4, -0.2) is 12.2 Å². The summed E-state index contributed by atoms with van der Waals surface area (Å²) in [5.74, 6) is 0. The molecule has 2 rings (SSSR count). The normalized spacial score (nSPS) is 9.74. The van der Waals surface area contributed by atoms with Gasteiger partial charge in [0.25, 0.3) is 0 Å². The van der Waals surface area contributed by atoms with Gasteiger partial charge in [-0.05, 0) is 35.4 Å². The largest absolute Gasteiger partial charge is 0.237 e. The smallest absolute Gasteiger partial charge is 0.235 e. The highest BCUT2D eigenvalue weighted by molar-refractivity contribution is 8.07. The molecule has 0 heterocycles. The standard InChI is InChI=1S/C16H12N2O3S2/c19-11-17-9-13-1-5-15(6-2-13)22-21-23-16-7-3-14(4-8-16)10-18-12-20/h1-8H,9-10H2. The zero-order chi connectivity index (χ0) is 16.3. The minimum atomic E-state index is 0.338. The van der Waals surface area contributed by atoms with Crippen molar-refractivity contribution in [2.75, 3.05) is 0 Å². The molecule has 0 atom stereocenters. The van der Waals surface area contributed by atoms with Gasteiger partial charge in [-0.2, -0.15) is 0 Å². The lowest BCUT2D eigenvalue weighted by Gasteiger charge is -2.03. The molecule has 0 spiro atoms. The van der Waals surface area contributed by atoms with Crippen LogP contribution < -0.4 is 0 Å². The molecule has 0 aliphatic rings. The third-order valence-corrected chi connectivity index (χ3v) is 4.23. The predicted molar refractivity (Wildman–Crippen MR) is 89.3 cm³/mol. The van der Waals surface area contributed by atoms with E-state index in [0.29, 0.717) is 13.1 Å². The van der Waals surface area contributed by atoms with Crippen LogP contribution in [0.25, 0.3) is 0 Å². The first kappa shape index (κ1) is 17.2. The number of rotatable bonds is 8. The van der Waals surface area contributed by atoms with E-state index in [0.717, 1.165) is 20.9 Å². The second-order valence-corrected chi connectivity index (χ2v) is 6.16. The van der Waals surface area contributed by atoms with E-state index in [1.807, 2.05) is 48.5 Å². The number of isocyanates is 2. The Morgan fingerprint density at radius 3 is 1.48 bits per heavy atom. The Bertz CT molecular complexity index is 656. The summed E-state index contributed by atoms with van der Waals surface area (Å²) >= 11 is 2.50. The van der Waals surface area contributed by atoms with Crippen molar-refractivity contribution in [1.82, 2.24) is 0 Å². The molecule has 2 aromatic carbocycles. The maximum atomic E-state index is 10.1. The molecule has 2 aromatic rings. The van der Waals surface area contributed by atoms with Gasteiger partial charge in [0, 0.05) is 33.9 Å². The minimum Gasteiger partial charge on any atom is -0.237 e. The van der Waals surface area contributed by atoms with Crippen molar-refractivity contribution >= 4 is 36.2 Å². The maximum Gasteiger partial charge on any atom is 0.235 e. The number of benzene rings is 2. The number of carbonyl (C=O) groups excluding carboxylic acids is 2. The fourth-order valence-electron chi connectivity index (χ4n) is 1.64. The van der Waals surface area contributed by atoms with Gasteiger partial charge in [-0.15, -0.1) is 0 Å². The number of nitrogens with zero attached hydrogens (tertiary/aromatic N) is 2. The van der Waals surface area contributed by atoms with Crippen molar-refractivity contribution in [2.45, 2.75) is 22.9 Å². The lowest BCUT2D eigenvalue weighted by Crippen LogP contribution is -1.82. The molecule has 0 aliphatic carbocycles. The summed E-state index contributed by atoms with van der Waals surface area (Å²) in [6.07, 6.45) is 3.03. The zero-order valence-electron chi connectivity index (χ0n) is 12.0. The van der Waals surface area contributed by atoms with Crippen molar-refractivity contribution in [3.8, 4) is 0 Å². The Morgan fingerprint density at radius 1 is 0.739 bits per heavy atom. The van der Waals surface area contributed by atoms with Crippen LogP contribution in [0.2, 0.25) is 0 Å². The Kier molecular flexibility index (Phi) is 7.33. The summed E-state index contributed by atoms with van der Waals surface area (Å²) in [6.45, 7) is 0.676. The van der Waals surface area contributed by atoms with Crippen LogP contribution in [0.3, 0.4) is 0 Å². The van der Waals surface area contributed by atoms with Gasteiger partial charge in [-0.1, -0.05) is 24.3 Å². The van der Waals surface area contributed by atoms with Crippen LogP contribution in [0.4, 0.5) is 0 Å². The summed E-state index contributed by atoms with van der Waals surface area (Å²) in [5.41, 5.74) is 1.89. The molecule has 5 nitrogen and oxygen atoms in total. The van der Waals surface area contributed by atoms with E-state index in [-0.39, 0.29) is 0 Å².